The highest BCUT2D eigenvalue weighted by Crippen LogP contribution is 2.33. The Morgan fingerprint density at radius 1 is 1.19 bits per heavy atom. The summed E-state index contributed by atoms with van der Waals surface area (Å²) in [5.74, 6) is 0.595. The first kappa shape index (κ1) is 16.0. The van der Waals surface area contributed by atoms with Crippen LogP contribution in [0.3, 0.4) is 0 Å². The first-order valence-electron chi connectivity index (χ1n) is 6.84. The van der Waals surface area contributed by atoms with Crippen molar-refractivity contribution in [2.75, 3.05) is 13.7 Å². The highest BCUT2D eigenvalue weighted by molar-refractivity contribution is 9.10. The van der Waals surface area contributed by atoms with Gasteiger partial charge in [-0.25, -0.2) is 0 Å². The molecule has 2 aromatic rings. The number of hydrogen-bond donors (Lipinski definition) is 2. The lowest BCUT2D eigenvalue weighted by atomic mass is 9.88. The van der Waals surface area contributed by atoms with Crippen LogP contribution in [-0.4, -0.2) is 18.8 Å². The van der Waals surface area contributed by atoms with Crippen molar-refractivity contribution < 1.29 is 9.84 Å². The zero-order valence-electron chi connectivity index (χ0n) is 12.2. The Hall–Kier alpha value is -1.36. The Kier molecular flexibility index (Phi) is 5.39. The minimum absolute atomic E-state index is 0.172. The van der Waals surface area contributed by atoms with Crippen molar-refractivity contribution in [2.24, 2.45) is 5.73 Å². The van der Waals surface area contributed by atoms with Crippen molar-refractivity contribution >= 4 is 15.9 Å². The molecule has 0 aliphatic rings. The Morgan fingerprint density at radius 3 is 2.57 bits per heavy atom. The molecule has 0 saturated heterocycles. The molecule has 0 aromatic heterocycles. The molecule has 0 saturated carbocycles. The normalized spacial score (nSPS) is 13.8. The van der Waals surface area contributed by atoms with Crippen LogP contribution >= 0.6 is 15.9 Å². The molecule has 21 heavy (non-hydrogen) atoms. The molecule has 2 aromatic carbocycles. The zero-order valence-corrected chi connectivity index (χ0v) is 13.8. The molecule has 0 spiro atoms. The molecule has 0 bridgehead atoms. The molecule has 2 unspecified atom stereocenters. The third-order valence-corrected chi connectivity index (χ3v) is 4.02. The molecule has 0 radical (unpaired) electrons. The molecular weight excluding hydrogens is 330 g/mol. The lowest BCUT2D eigenvalue weighted by Crippen LogP contribution is -2.20. The fourth-order valence-electron chi connectivity index (χ4n) is 2.49. The quantitative estimate of drug-likeness (QED) is 0.867. The fraction of sp³-hybridized carbons (Fsp3) is 0.294. The number of aryl methyl sites for hydroxylation is 1. The minimum atomic E-state index is -0.654. The first-order valence-corrected chi connectivity index (χ1v) is 7.63. The molecule has 0 heterocycles. The summed E-state index contributed by atoms with van der Waals surface area (Å²) in [5.41, 5.74) is 8.83. The average Bonchev–Trinajstić information content (AvgIpc) is 2.47. The number of ether oxygens (including phenoxy) is 1. The molecule has 3 nitrogen and oxygen atoms in total. The van der Waals surface area contributed by atoms with Gasteiger partial charge in [0.25, 0.3) is 0 Å². The van der Waals surface area contributed by atoms with Gasteiger partial charge in [0.1, 0.15) is 5.75 Å². The summed E-state index contributed by atoms with van der Waals surface area (Å²) in [7, 11) is 1.63. The molecule has 3 N–H and O–H groups in total. The largest absolute Gasteiger partial charge is 0.497 e. The van der Waals surface area contributed by atoms with Gasteiger partial charge in [-0.2, -0.15) is 0 Å². The smallest absolute Gasteiger partial charge is 0.119 e. The third kappa shape index (κ3) is 3.84. The van der Waals surface area contributed by atoms with Gasteiger partial charge in [-0.15, -0.1) is 0 Å². The second kappa shape index (κ2) is 7.07. The predicted molar refractivity (Wildman–Crippen MR) is 88.6 cm³/mol. The van der Waals surface area contributed by atoms with E-state index in [4.69, 9.17) is 10.5 Å². The maximum absolute atomic E-state index is 10.7. The molecule has 4 heteroatoms. The Morgan fingerprint density at radius 2 is 1.95 bits per heavy atom. The summed E-state index contributed by atoms with van der Waals surface area (Å²) in [6.45, 7) is 2.36. The van der Waals surface area contributed by atoms with E-state index in [1.54, 1.807) is 7.11 Å². The van der Waals surface area contributed by atoms with Crippen molar-refractivity contribution in [2.45, 2.75) is 18.9 Å². The molecule has 0 amide bonds. The molecular formula is C17H20BrNO2. The fourth-order valence-corrected chi connectivity index (χ4v) is 3.11. The maximum Gasteiger partial charge on any atom is 0.119 e. The lowest BCUT2D eigenvalue weighted by Gasteiger charge is -2.23. The Balaban J connectivity index is 2.35. The Labute approximate surface area is 133 Å². The van der Waals surface area contributed by atoms with Gasteiger partial charge >= 0.3 is 0 Å². The summed E-state index contributed by atoms with van der Waals surface area (Å²) < 4.78 is 6.20. The highest BCUT2D eigenvalue weighted by atomic mass is 79.9. The molecule has 0 fully saturated rings. The second-order valence-electron chi connectivity index (χ2n) is 5.13. The second-order valence-corrected chi connectivity index (χ2v) is 6.04. The van der Waals surface area contributed by atoms with E-state index in [2.05, 4.69) is 15.9 Å². The van der Waals surface area contributed by atoms with Gasteiger partial charge in [-0.1, -0.05) is 34.1 Å². The number of nitrogens with two attached hydrogens (primary N) is 1. The van der Waals surface area contributed by atoms with Crippen LogP contribution in [0.4, 0.5) is 0 Å². The van der Waals surface area contributed by atoms with Gasteiger partial charge in [-0.3, -0.25) is 0 Å². The Bertz CT molecular complexity index is 595. The first-order chi connectivity index (χ1) is 10.0. The summed E-state index contributed by atoms with van der Waals surface area (Å²) in [6.07, 6.45) is -0.654. The van der Waals surface area contributed by atoms with E-state index in [-0.39, 0.29) is 5.92 Å². The van der Waals surface area contributed by atoms with Crippen LogP contribution < -0.4 is 10.5 Å². The van der Waals surface area contributed by atoms with E-state index >= 15 is 0 Å². The number of halogens is 1. The number of benzene rings is 2. The number of aliphatic hydroxyl groups excluding tert-OH is 1. The number of aliphatic hydroxyl groups is 1. The van der Waals surface area contributed by atoms with E-state index < -0.39 is 6.10 Å². The average molecular weight is 350 g/mol. The van der Waals surface area contributed by atoms with Gasteiger partial charge in [0.05, 0.1) is 13.2 Å². The van der Waals surface area contributed by atoms with Crippen LogP contribution in [0.2, 0.25) is 0 Å². The third-order valence-electron chi connectivity index (χ3n) is 3.56. The lowest BCUT2D eigenvalue weighted by molar-refractivity contribution is 0.147. The summed E-state index contributed by atoms with van der Waals surface area (Å²) in [6, 6.07) is 13.6. The summed E-state index contributed by atoms with van der Waals surface area (Å²) in [4.78, 5) is 0. The van der Waals surface area contributed by atoms with Crippen molar-refractivity contribution in [1.82, 2.24) is 0 Å². The van der Waals surface area contributed by atoms with Crippen LogP contribution in [0.5, 0.6) is 5.75 Å². The van der Waals surface area contributed by atoms with Crippen LogP contribution in [0.25, 0.3) is 0 Å². The van der Waals surface area contributed by atoms with Gasteiger partial charge in [0, 0.05) is 16.9 Å². The topological polar surface area (TPSA) is 55.5 Å². The maximum atomic E-state index is 10.7. The van der Waals surface area contributed by atoms with Crippen LogP contribution in [-0.2, 0) is 0 Å². The monoisotopic (exact) mass is 349 g/mol. The van der Waals surface area contributed by atoms with Crippen LogP contribution in [0.15, 0.2) is 46.9 Å². The van der Waals surface area contributed by atoms with E-state index in [9.17, 15) is 5.11 Å². The summed E-state index contributed by atoms with van der Waals surface area (Å²) in [5, 5.41) is 10.7. The van der Waals surface area contributed by atoms with Gasteiger partial charge < -0.3 is 15.6 Å². The minimum Gasteiger partial charge on any atom is -0.497 e. The van der Waals surface area contributed by atoms with Gasteiger partial charge in [-0.05, 0) is 47.9 Å². The van der Waals surface area contributed by atoms with E-state index in [1.807, 2.05) is 49.4 Å². The number of hydrogen-bond acceptors (Lipinski definition) is 3. The van der Waals surface area contributed by atoms with Crippen molar-refractivity contribution in [3.05, 3.63) is 63.6 Å². The van der Waals surface area contributed by atoms with Crippen molar-refractivity contribution in [1.29, 1.82) is 0 Å². The molecule has 2 atom stereocenters. The van der Waals surface area contributed by atoms with Crippen molar-refractivity contribution in [3.8, 4) is 5.75 Å². The standard InChI is InChI=1S/C17H20BrNO2/c1-11-6-13(8-14(18)7-11)17(20)16(10-19)12-4-3-5-15(9-12)21-2/h3-9,16-17,20H,10,19H2,1-2H3. The van der Waals surface area contributed by atoms with Gasteiger partial charge in [0.2, 0.25) is 0 Å². The molecule has 112 valence electrons. The predicted octanol–water partition coefficient (Wildman–Crippen LogP) is 3.54. The van der Waals surface area contributed by atoms with Crippen LogP contribution in [0.1, 0.15) is 28.7 Å². The van der Waals surface area contributed by atoms with E-state index in [0.29, 0.717) is 6.54 Å². The zero-order chi connectivity index (χ0) is 15.4. The van der Waals surface area contributed by atoms with Crippen LogP contribution in [0, 0.1) is 6.92 Å². The van der Waals surface area contributed by atoms with Gasteiger partial charge in [0.15, 0.2) is 0 Å². The molecule has 0 aliphatic carbocycles. The highest BCUT2D eigenvalue weighted by Gasteiger charge is 2.22. The molecule has 2 rings (SSSR count). The number of rotatable bonds is 5. The summed E-state index contributed by atoms with van der Waals surface area (Å²) >= 11 is 3.47. The van der Waals surface area contributed by atoms with E-state index in [1.165, 1.54) is 0 Å². The SMILES string of the molecule is COc1cccc(C(CN)C(O)c2cc(C)cc(Br)c2)c1. The van der Waals surface area contributed by atoms with Crippen molar-refractivity contribution in [3.63, 3.8) is 0 Å². The van der Waals surface area contributed by atoms with E-state index in [0.717, 1.165) is 26.9 Å². The number of methoxy groups -OCH3 is 1. The molecule has 0 aliphatic heterocycles.